The third-order valence-corrected chi connectivity index (χ3v) is 11.0. The number of hydrogen-bond donors (Lipinski definition) is 0. The molecule has 1 atom stereocenters. The average Bonchev–Trinajstić information content (AvgIpc) is 3.34. The van der Waals surface area contributed by atoms with Crippen molar-refractivity contribution in [3.63, 3.8) is 0 Å². The van der Waals surface area contributed by atoms with Gasteiger partial charge in [-0.1, -0.05) is 165 Å². The molecule has 6 aromatic rings. The first-order valence-corrected chi connectivity index (χ1v) is 17.9. The summed E-state index contributed by atoms with van der Waals surface area (Å²) in [6.07, 6.45) is 9.35. The van der Waals surface area contributed by atoms with Crippen LogP contribution in [0.4, 0.5) is 5.69 Å². The van der Waals surface area contributed by atoms with E-state index in [1.54, 1.807) is 0 Å². The minimum absolute atomic E-state index is 0.330. The first-order valence-electron chi connectivity index (χ1n) is 17.5. The number of anilines is 1. The van der Waals surface area contributed by atoms with E-state index in [2.05, 4.69) is 184 Å². The molecular weight excluding hydrogens is 626 g/mol. The number of hydrogen-bond acceptors (Lipinski definition) is 1. The van der Waals surface area contributed by atoms with E-state index in [-0.39, 0.29) is 10.8 Å². The SMILES string of the molecule is C=C(/C=C/C=C1/N(C)c2ccc(Cl)cc2C1(Cc1ccccc1)Cc1ccccc1)C(C)(Cc1ccccc1)c1c(C)ccc2ccccc12. The quantitative estimate of drug-likeness (QED) is 0.131. The lowest BCUT2D eigenvalue weighted by molar-refractivity contribution is 0.507. The van der Waals surface area contributed by atoms with Crippen LogP contribution in [0.5, 0.6) is 0 Å². The van der Waals surface area contributed by atoms with E-state index in [4.69, 9.17) is 18.2 Å². The van der Waals surface area contributed by atoms with Crippen molar-refractivity contribution in [1.29, 1.82) is 0 Å². The molecule has 2 heteroatoms. The van der Waals surface area contributed by atoms with E-state index < -0.39 is 0 Å². The molecule has 0 bridgehead atoms. The van der Waals surface area contributed by atoms with E-state index in [1.165, 1.54) is 55.5 Å². The summed E-state index contributed by atoms with van der Waals surface area (Å²) in [6.45, 7) is 9.41. The molecule has 0 fully saturated rings. The van der Waals surface area contributed by atoms with Gasteiger partial charge in [-0.05, 0) is 100 Å². The Balaban J connectivity index is 1.36. The van der Waals surface area contributed by atoms with Gasteiger partial charge in [0.1, 0.15) is 0 Å². The maximum absolute atomic E-state index is 6.76. The number of aryl methyl sites for hydroxylation is 1. The Labute approximate surface area is 302 Å². The molecule has 1 heterocycles. The molecule has 50 heavy (non-hydrogen) atoms. The Hall–Kier alpha value is -5.11. The summed E-state index contributed by atoms with van der Waals surface area (Å²) < 4.78 is 0. The third-order valence-electron chi connectivity index (χ3n) is 10.7. The third kappa shape index (κ3) is 6.35. The molecular formula is C48H44ClN. The Kier molecular flexibility index (Phi) is 9.36. The highest BCUT2D eigenvalue weighted by Gasteiger charge is 2.46. The van der Waals surface area contributed by atoms with Crippen molar-refractivity contribution in [2.24, 2.45) is 0 Å². The molecule has 1 nitrogen and oxygen atoms in total. The van der Waals surface area contributed by atoms with Crippen LogP contribution in [-0.2, 0) is 30.1 Å². The number of nitrogens with zero attached hydrogens (tertiary/aromatic N) is 1. The first-order chi connectivity index (χ1) is 24.3. The fourth-order valence-electron chi connectivity index (χ4n) is 8.29. The smallest absolute Gasteiger partial charge is 0.0456 e. The summed E-state index contributed by atoms with van der Waals surface area (Å²) in [5.41, 5.74) is 10.6. The normalized spacial score (nSPS) is 15.8. The van der Waals surface area contributed by atoms with E-state index in [1.807, 2.05) is 6.07 Å². The Morgan fingerprint density at radius 1 is 0.740 bits per heavy atom. The molecule has 0 spiro atoms. The number of rotatable bonds is 10. The molecule has 7 rings (SSSR count). The van der Waals surface area contributed by atoms with Gasteiger partial charge in [-0.2, -0.15) is 0 Å². The van der Waals surface area contributed by atoms with Gasteiger partial charge in [0.05, 0.1) is 0 Å². The standard InChI is InChI=1S/C48H44ClN/c1-35-27-28-40-24-14-15-25-42(40)46(35)47(3,32-37-18-8-5-9-19-37)36(2)17-16-26-45-48(33-38-20-10-6-11-21-38,34-39-22-12-7-13-23-39)43-31-41(49)29-30-44(43)50(45)4/h5-31H,2,32-34H2,1,3-4H3/b17-16+,45-26+. The van der Waals surface area contributed by atoms with E-state index in [0.29, 0.717) is 0 Å². The maximum Gasteiger partial charge on any atom is 0.0456 e. The first kappa shape index (κ1) is 33.4. The zero-order valence-electron chi connectivity index (χ0n) is 29.2. The average molecular weight is 670 g/mol. The fraction of sp³-hybridized carbons (Fsp3) is 0.167. The molecule has 0 amide bonds. The van der Waals surface area contributed by atoms with Crippen LogP contribution in [0.3, 0.4) is 0 Å². The van der Waals surface area contributed by atoms with Gasteiger partial charge >= 0.3 is 0 Å². The van der Waals surface area contributed by atoms with Gasteiger partial charge in [-0.3, -0.25) is 0 Å². The molecule has 0 saturated carbocycles. The van der Waals surface area contributed by atoms with Gasteiger partial charge in [0.15, 0.2) is 0 Å². The lowest BCUT2D eigenvalue weighted by atomic mass is 9.69. The monoisotopic (exact) mass is 669 g/mol. The molecule has 0 saturated heterocycles. The number of benzene rings is 6. The Bertz CT molecular complexity index is 2150. The number of likely N-dealkylation sites (N-methyl/N-ethyl adjacent to an activating group) is 1. The van der Waals surface area contributed by atoms with E-state index >= 15 is 0 Å². The van der Waals surface area contributed by atoms with Crippen molar-refractivity contribution in [2.75, 3.05) is 11.9 Å². The molecule has 0 radical (unpaired) electrons. The Morgan fingerprint density at radius 3 is 1.96 bits per heavy atom. The minimum atomic E-state index is -0.343. The highest BCUT2D eigenvalue weighted by molar-refractivity contribution is 6.30. The molecule has 248 valence electrons. The van der Waals surface area contributed by atoms with Crippen LogP contribution in [-0.4, -0.2) is 7.05 Å². The molecule has 1 aliphatic heterocycles. The van der Waals surface area contributed by atoms with Crippen LogP contribution in [0.15, 0.2) is 182 Å². The molecule has 1 unspecified atom stereocenters. The van der Waals surface area contributed by atoms with Gasteiger partial charge in [-0.25, -0.2) is 0 Å². The van der Waals surface area contributed by atoms with E-state index in [9.17, 15) is 0 Å². The maximum atomic E-state index is 6.76. The van der Waals surface area contributed by atoms with Crippen LogP contribution >= 0.6 is 11.6 Å². The van der Waals surface area contributed by atoms with Crippen LogP contribution in [0.1, 0.15) is 40.3 Å². The minimum Gasteiger partial charge on any atom is -0.347 e. The summed E-state index contributed by atoms with van der Waals surface area (Å²) in [5, 5.41) is 3.29. The van der Waals surface area contributed by atoms with Crippen molar-refractivity contribution in [3.05, 3.63) is 220 Å². The van der Waals surface area contributed by atoms with Crippen molar-refractivity contribution in [2.45, 2.75) is 43.9 Å². The molecule has 0 aliphatic carbocycles. The molecule has 6 aromatic carbocycles. The zero-order chi connectivity index (χ0) is 34.7. The highest BCUT2D eigenvalue weighted by Crippen LogP contribution is 2.52. The topological polar surface area (TPSA) is 3.24 Å². The van der Waals surface area contributed by atoms with Crippen LogP contribution in [0.25, 0.3) is 10.8 Å². The molecule has 0 N–H and O–H groups in total. The second-order valence-electron chi connectivity index (χ2n) is 14.0. The van der Waals surface area contributed by atoms with Crippen LogP contribution < -0.4 is 4.90 Å². The number of fused-ring (bicyclic) bond motifs is 2. The summed E-state index contributed by atoms with van der Waals surface area (Å²) in [4.78, 5) is 2.36. The number of halogens is 1. The summed E-state index contributed by atoms with van der Waals surface area (Å²) in [6, 6.07) is 52.1. The van der Waals surface area contributed by atoms with Crippen molar-refractivity contribution >= 4 is 28.1 Å². The van der Waals surface area contributed by atoms with Gasteiger partial charge in [-0.15, -0.1) is 0 Å². The van der Waals surface area contributed by atoms with Crippen LogP contribution in [0, 0.1) is 6.92 Å². The van der Waals surface area contributed by atoms with Crippen molar-refractivity contribution < 1.29 is 0 Å². The second-order valence-corrected chi connectivity index (χ2v) is 14.5. The van der Waals surface area contributed by atoms with Gasteiger partial charge in [0.2, 0.25) is 0 Å². The predicted octanol–water partition coefficient (Wildman–Crippen LogP) is 12.2. The predicted molar refractivity (Wildman–Crippen MR) is 214 cm³/mol. The lowest BCUT2D eigenvalue weighted by Gasteiger charge is -2.35. The molecule has 0 aromatic heterocycles. The largest absolute Gasteiger partial charge is 0.347 e. The summed E-state index contributed by atoms with van der Waals surface area (Å²) in [5.74, 6) is 0. The zero-order valence-corrected chi connectivity index (χ0v) is 30.0. The summed E-state index contributed by atoms with van der Waals surface area (Å²) >= 11 is 6.76. The lowest BCUT2D eigenvalue weighted by Crippen LogP contribution is -2.34. The molecule has 1 aliphatic rings. The Morgan fingerprint density at radius 2 is 1.32 bits per heavy atom. The van der Waals surface area contributed by atoms with Gasteiger partial charge in [0, 0.05) is 34.3 Å². The fourth-order valence-corrected chi connectivity index (χ4v) is 8.46. The highest BCUT2D eigenvalue weighted by atomic mass is 35.5. The van der Waals surface area contributed by atoms with Crippen molar-refractivity contribution in [3.8, 4) is 0 Å². The van der Waals surface area contributed by atoms with E-state index in [0.717, 1.165) is 29.9 Å². The number of allylic oxidation sites excluding steroid dienone is 5. The van der Waals surface area contributed by atoms with Gasteiger partial charge < -0.3 is 4.90 Å². The summed E-state index contributed by atoms with van der Waals surface area (Å²) in [7, 11) is 2.19. The van der Waals surface area contributed by atoms with Crippen LogP contribution in [0.2, 0.25) is 5.02 Å². The van der Waals surface area contributed by atoms with Crippen molar-refractivity contribution in [1.82, 2.24) is 0 Å². The van der Waals surface area contributed by atoms with Gasteiger partial charge in [0.25, 0.3) is 0 Å². The second kappa shape index (κ2) is 14.0.